The minimum absolute atomic E-state index is 0.692. The highest BCUT2D eigenvalue weighted by Crippen LogP contribution is 2.40. The van der Waals surface area contributed by atoms with E-state index in [1.807, 2.05) is 12.1 Å². The number of nitrogens with zero attached hydrogens (tertiary/aromatic N) is 4. The molecule has 0 atom stereocenters. The van der Waals surface area contributed by atoms with Gasteiger partial charge in [0.2, 0.25) is 0 Å². The third-order valence-corrected chi connectivity index (χ3v) is 10.9. The Hall–Kier alpha value is -7.56. The Balaban J connectivity index is 1.12. The maximum absolute atomic E-state index is 5.27. The molecule has 0 amide bonds. The predicted molar refractivity (Wildman–Crippen MR) is 232 cm³/mol. The lowest BCUT2D eigenvalue weighted by atomic mass is 10.0. The van der Waals surface area contributed by atoms with E-state index in [-0.39, 0.29) is 0 Å². The molecule has 0 N–H and O–H groups in total. The summed E-state index contributed by atoms with van der Waals surface area (Å²) in [7, 11) is 0. The van der Waals surface area contributed by atoms with Crippen LogP contribution in [0.5, 0.6) is 0 Å². The van der Waals surface area contributed by atoms with Gasteiger partial charge in [0.1, 0.15) is 0 Å². The van der Waals surface area contributed by atoms with E-state index in [0.29, 0.717) is 5.82 Å². The molecule has 0 saturated carbocycles. The normalized spacial score (nSPS) is 11.6. The molecular weight excluding hydrogens is 681 g/mol. The van der Waals surface area contributed by atoms with Crippen molar-refractivity contribution in [1.82, 2.24) is 19.1 Å². The van der Waals surface area contributed by atoms with Gasteiger partial charge >= 0.3 is 0 Å². The van der Waals surface area contributed by atoms with E-state index in [4.69, 9.17) is 9.97 Å². The van der Waals surface area contributed by atoms with Crippen molar-refractivity contribution in [2.75, 3.05) is 0 Å². The Labute approximate surface area is 324 Å². The van der Waals surface area contributed by atoms with E-state index in [2.05, 4.69) is 203 Å². The van der Waals surface area contributed by atoms with Crippen LogP contribution in [-0.2, 0) is 0 Å². The number of rotatable bonds is 6. The molecule has 0 aliphatic heterocycles. The maximum atomic E-state index is 5.27. The van der Waals surface area contributed by atoms with Crippen molar-refractivity contribution in [1.29, 1.82) is 0 Å². The fourth-order valence-corrected chi connectivity index (χ4v) is 8.32. The lowest BCUT2D eigenvalue weighted by Gasteiger charge is -2.13. The fourth-order valence-electron chi connectivity index (χ4n) is 8.32. The first kappa shape index (κ1) is 31.9. The van der Waals surface area contributed by atoms with Crippen LogP contribution < -0.4 is 0 Å². The molecule has 262 valence electrons. The summed E-state index contributed by atoms with van der Waals surface area (Å²) < 4.78 is 4.80. The second-order valence-corrected chi connectivity index (χ2v) is 14.3. The molecule has 4 heteroatoms. The van der Waals surface area contributed by atoms with E-state index in [9.17, 15) is 0 Å². The van der Waals surface area contributed by atoms with Crippen molar-refractivity contribution in [2.45, 2.75) is 0 Å². The van der Waals surface area contributed by atoms with Gasteiger partial charge in [-0.05, 0) is 71.8 Å². The SMILES string of the molecule is c1ccc(-c2cccc(-c3nc(-c4ccccc4)cc(-c4cccc(-n5c6ccccc6c6cc7c8ccccc8n(-c8ccccc8)c7cc65)c4)n3)c2)cc1. The highest BCUT2D eigenvalue weighted by Gasteiger charge is 2.19. The molecule has 3 heterocycles. The molecule has 0 fully saturated rings. The van der Waals surface area contributed by atoms with Crippen molar-refractivity contribution in [3.63, 3.8) is 0 Å². The molecule has 0 radical (unpaired) electrons. The van der Waals surface area contributed by atoms with Crippen LogP contribution in [0, 0.1) is 0 Å². The van der Waals surface area contributed by atoms with E-state index in [1.54, 1.807) is 0 Å². The smallest absolute Gasteiger partial charge is 0.160 e. The van der Waals surface area contributed by atoms with Crippen molar-refractivity contribution in [3.8, 4) is 56.4 Å². The largest absolute Gasteiger partial charge is 0.309 e. The van der Waals surface area contributed by atoms with Gasteiger partial charge in [0.15, 0.2) is 5.82 Å². The zero-order valence-corrected chi connectivity index (χ0v) is 30.4. The van der Waals surface area contributed by atoms with Gasteiger partial charge in [0.05, 0.1) is 33.5 Å². The van der Waals surface area contributed by atoms with Crippen LogP contribution in [0.1, 0.15) is 0 Å². The standard InChI is InChI=1S/C52H34N4/c1-4-16-35(17-5-1)37-20-14-22-39(30-37)52-53-46(36-18-6-2-7-19-36)33-47(54-52)38-21-15-25-41(31-38)56-49-29-13-11-27-43(49)45-32-44-42-26-10-12-28-48(42)55(50(44)34-51(45)56)40-23-8-3-9-24-40/h1-34H. The monoisotopic (exact) mass is 714 g/mol. The quantitative estimate of drug-likeness (QED) is 0.172. The molecule has 11 rings (SSSR count). The molecule has 0 aliphatic carbocycles. The average Bonchev–Trinajstić information content (AvgIpc) is 3.78. The Morgan fingerprint density at radius 1 is 0.268 bits per heavy atom. The van der Waals surface area contributed by atoms with Crippen LogP contribution in [0.2, 0.25) is 0 Å². The summed E-state index contributed by atoms with van der Waals surface area (Å²) in [6, 6.07) is 73.2. The second kappa shape index (κ2) is 13.1. The molecule has 11 aromatic rings. The van der Waals surface area contributed by atoms with E-state index < -0.39 is 0 Å². The highest BCUT2D eigenvalue weighted by molar-refractivity contribution is 6.19. The molecule has 56 heavy (non-hydrogen) atoms. The van der Waals surface area contributed by atoms with E-state index in [1.165, 1.54) is 32.6 Å². The average molecular weight is 715 g/mol. The summed E-state index contributed by atoms with van der Waals surface area (Å²) in [6.45, 7) is 0. The van der Waals surface area contributed by atoms with Gasteiger partial charge in [-0.1, -0.05) is 146 Å². The van der Waals surface area contributed by atoms with Crippen LogP contribution in [0.15, 0.2) is 206 Å². The molecule has 0 unspecified atom stereocenters. The summed E-state index contributed by atoms with van der Waals surface area (Å²) in [5, 5.41) is 4.94. The molecule has 8 aromatic carbocycles. The molecule has 0 bridgehead atoms. The molecule has 3 aromatic heterocycles. The van der Waals surface area contributed by atoms with Crippen LogP contribution >= 0.6 is 0 Å². The summed E-state index contributed by atoms with van der Waals surface area (Å²) in [6.07, 6.45) is 0. The number of benzene rings is 8. The highest BCUT2D eigenvalue weighted by atomic mass is 15.0. The van der Waals surface area contributed by atoms with Gasteiger partial charge < -0.3 is 9.13 Å². The summed E-state index contributed by atoms with van der Waals surface area (Å²) >= 11 is 0. The van der Waals surface area contributed by atoms with Gasteiger partial charge in [-0.25, -0.2) is 9.97 Å². The van der Waals surface area contributed by atoms with Crippen LogP contribution in [0.4, 0.5) is 0 Å². The molecule has 0 spiro atoms. The van der Waals surface area contributed by atoms with Crippen LogP contribution in [0.3, 0.4) is 0 Å². The first-order valence-electron chi connectivity index (χ1n) is 19.0. The first-order valence-corrected chi connectivity index (χ1v) is 19.0. The minimum Gasteiger partial charge on any atom is -0.309 e. The van der Waals surface area contributed by atoms with Crippen LogP contribution in [-0.4, -0.2) is 19.1 Å². The number of aromatic nitrogens is 4. The molecule has 0 saturated heterocycles. The zero-order valence-electron chi connectivity index (χ0n) is 30.4. The van der Waals surface area contributed by atoms with Gasteiger partial charge in [0.25, 0.3) is 0 Å². The molecule has 4 nitrogen and oxygen atoms in total. The van der Waals surface area contributed by atoms with E-state index >= 15 is 0 Å². The zero-order chi connectivity index (χ0) is 37.0. The van der Waals surface area contributed by atoms with Crippen molar-refractivity contribution < 1.29 is 0 Å². The summed E-state index contributed by atoms with van der Waals surface area (Å²) in [4.78, 5) is 10.4. The first-order chi connectivity index (χ1) is 27.8. The number of para-hydroxylation sites is 3. The van der Waals surface area contributed by atoms with Gasteiger partial charge in [0, 0.05) is 49.6 Å². The topological polar surface area (TPSA) is 35.6 Å². The van der Waals surface area contributed by atoms with Crippen molar-refractivity contribution in [3.05, 3.63) is 206 Å². The summed E-state index contributed by atoms with van der Waals surface area (Å²) in [5.74, 6) is 0.692. The molecule has 0 aliphatic rings. The molecular formula is C52H34N4. The lowest BCUT2D eigenvalue weighted by Crippen LogP contribution is -1.98. The van der Waals surface area contributed by atoms with Crippen LogP contribution in [0.25, 0.3) is 100 Å². The third-order valence-electron chi connectivity index (χ3n) is 10.9. The Kier molecular flexibility index (Phi) is 7.46. The predicted octanol–water partition coefficient (Wildman–Crippen LogP) is 13.3. The van der Waals surface area contributed by atoms with Gasteiger partial charge in [-0.15, -0.1) is 0 Å². The second-order valence-electron chi connectivity index (χ2n) is 14.3. The fraction of sp³-hybridized carbons (Fsp3) is 0. The van der Waals surface area contributed by atoms with Crippen molar-refractivity contribution in [2.24, 2.45) is 0 Å². The third kappa shape index (κ3) is 5.31. The number of hydrogen-bond donors (Lipinski definition) is 0. The number of hydrogen-bond acceptors (Lipinski definition) is 2. The van der Waals surface area contributed by atoms with Gasteiger partial charge in [-0.3, -0.25) is 0 Å². The maximum Gasteiger partial charge on any atom is 0.160 e. The van der Waals surface area contributed by atoms with Crippen molar-refractivity contribution >= 4 is 43.6 Å². The number of fused-ring (bicyclic) bond motifs is 6. The lowest BCUT2D eigenvalue weighted by molar-refractivity contribution is 1.16. The van der Waals surface area contributed by atoms with E-state index in [0.717, 1.165) is 61.6 Å². The summed E-state index contributed by atoms with van der Waals surface area (Å²) in [5.41, 5.74) is 14.0. The van der Waals surface area contributed by atoms with Gasteiger partial charge in [-0.2, -0.15) is 0 Å². The Morgan fingerprint density at radius 3 is 1.43 bits per heavy atom. The Morgan fingerprint density at radius 2 is 0.750 bits per heavy atom. The Bertz CT molecular complexity index is 3230. The minimum atomic E-state index is 0.692.